The molecule has 2 aromatic carbocycles. The summed E-state index contributed by atoms with van der Waals surface area (Å²) in [6, 6.07) is 10.9. The molecule has 6 heteroatoms. The molecule has 0 heterocycles. The van der Waals surface area contributed by atoms with Crippen LogP contribution in [0.1, 0.15) is 102 Å². The number of carbonyl (C=O) groups is 2. The number of carboxylic acids is 1. The first-order valence-electron chi connectivity index (χ1n) is 15.3. The Bertz CT molecular complexity index is 1210. The van der Waals surface area contributed by atoms with Crippen LogP contribution in [0.2, 0.25) is 0 Å². The summed E-state index contributed by atoms with van der Waals surface area (Å²) in [5.74, 6) is 2.20. The van der Waals surface area contributed by atoms with Gasteiger partial charge in [0.2, 0.25) is 0 Å². The number of methoxy groups -OCH3 is 1. The van der Waals surface area contributed by atoms with E-state index in [1.54, 1.807) is 43.5 Å². The number of ether oxygens (including phenoxy) is 3. The van der Waals surface area contributed by atoms with Crippen molar-refractivity contribution >= 4 is 17.8 Å². The van der Waals surface area contributed by atoms with Crippen molar-refractivity contribution < 1.29 is 28.9 Å². The van der Waals surface area contributed by atoms with Crippen molar-refractivity contribution in [3.8, 4) is 5.75 Å². The van der Waals surface area contributed by atoms with Gasteiger partial charge in [-0.2, -0.15) is 0 Å². The van der Waals surface area contributed by atoms with Crippen molar-refractivity contribution in [2.45, 2.75) is 76.5 Å². The van der Waals surface area contributed by atoms with Crippen LogP contribution in [0.3, 0.4) is 0 Å². The summed E-state index contributed by atoms with van der Waals surface area (Å²) in [4.78, 5) is 25.0. The first kappa shape index (κ1) is 29.5. The van der Waals surface area contributed by atoms with Crippen LogP contribution in [0.4, 0.5) is 0 Å². The number of aryl methyl sites for hydroxylation is 1. The van der Waals surface area contributed by atoms with Gasteiger partial charge in [-0.3, -0.25) is 4.79 Å². The zero-order valence-electron chi connectivity index (χ0n) is 24.5. The molecule has 4 aliphatic rings. The van der Waals surface area contributed by atoms with Crippen LogP contribution in [-0.2, 0) is 21.3 Å². The molecule has 0 saturated heterocycles. The van der Waals surface area contributed by atoms with Crippen LogP contribution in [0, 0.1) is 17.8 Å². The summed E-state index contributed by atoms with van der Waals surface area (Å²) < 4.78 is 17.2. The normalized spacial score (nSPS) is 24.7. The van der Waals surface area contributed by atoms with E-state index in [9.17, 15) is 14.7 Å². The molecule has 220 valence electrons. The molecule has 6 rings (SSSR count). The average molecular weight is 561 g/mol. The number of ketones is 1. The maximum atomic E-state index is 13.8. The third-order valence-electron chi connectivity index (χ3n) is 9.44. The van der Waals surface area contributed by atoms with Crippen molar-refractivity contribution in [3.05, 3.63) is 70.3 Å². The number of rotatable bonds is 15. The average Bonchev–Trinajstić information content (AvgIpc) is 2.95. The second kappa shape index (κ2) is 13.3. The minimum atomic E-state index is -0.961. The molecule has 4 aliphatic carbocycles. The van der Waals surface area contributed by atoms with E-state index in [2.05, 4.69) is 19.1 Å². The molecular formula is C35H44O6. The highest BCUT2D eigenvalue weighted by Crippen LogP contribution is 2.62. The third kappa shape index (κ3) is 6.92. The predicted molar refractivity (Wildman–Crippen MR) is 160 cm³/mol. The van der Waals surface area contributed by atoms with E-state index in [0.29, 0.717) is 13.2 Å². The van der Waals surface area contributed by atoms with E-state index in [4.69, 9.17) is 14.2 Å². The molecular weight excluding hydrogens is 516 g/mol. The molecule has 4 fully saturated rings. The number of hydrogen-bond acceptors (Lipinski definition) is 5. The molecule has 0 aromatic heterocycles. The molecule has 0 radical (unpaired) electrons. The van der Waals surface area contributed by atoms with Crippen LogP contribution in [0.5, 0.6) is 5.75 Å². The molecule has 41 heavy (non-hydrogen) atoms. The zero-order chi connectivity index (χ0) is 28.8. The molecule has 2 aromatic rings. The van der Waals surface area contributed by atoms with E-state index >= 15 is 0 Å². The van der Waals surface area contributed by atoms with Gasteiger partial charge in [0, 0.05) is 18.2 Å². The third-order valence-corrected chi connectivity index (χ3v) is 9.44. The van der Waals surface area contributed by atoms with Gasteiger partial charge in [0.15, 0.2) is 12.6 Å². The van der Waals surface area contributed by atoms with Gasteiger partial charge in [-0.1, -0.05) is 38.0 Å². The highest BCUT2D eigenvalue weighted by atomic mass is 16.7. The Morgan fingerprint density at radius 3 is 2.27 bits per heavy atom. The van der Waals surface area contributed by atoms with Gasteiger partial charge >= 0.3 is 5.97 Å². The van der Waals surface area contributed by atoms with E-state index in [1.165, 1.54) is 44.1 Å². The van der Waals surface area contributed by atoms with Crippen LogP contribution in [-0.4, -0.2) is 44.0 Å². The van der Waals surface area contributed by atoms with Crippen LogP contribution in [0.15, 0.2) is 42.5 Å². The van der Waals surface area contributed by atoms with Crippen LogP contribution in [0.25, 0.3) is 6.08 Å². The van der Waals surface area contributed by atoms with Gasteiger partial charge in [0.1, 0.15) is 5.75 Å². The largest absolute Gasteiger partial charge is 0.478 e. The Balaban J connectivity index is 1.49. The lowest BCUT2D eigenvalue weighted by Crippen LogP contribution is -2.48. The SMILES string of the molecule is CCCCCc1cc(OCOCCOC)c(C23CC4CC(CC(C4)C2)C3)cc1C(=O)/C=C/c1ccc(C(=O)O)cc1. The Morgan fingerprint density at radius 2 is 1.66 bits per heavy atom. The topological polar surface area (TPSA) is 82.1 Å². The summed E-state index contributed by atoms with van der Waals surface area (Å²) >= 11 is 0. The Hall–Kier alpha value is -2.96. The highest BCUT2D eigenvalue weighted by molar-refractivity contribution is 6.08. The predicted octanol–water partition coefficient (Wildman–Crippen LogP) is 7.48. The zero-order valence-corrected chi connectivity index (χ0v) is 24.5. The second-order valence-corrected chi connectivity index (χ2v) is 12.4. The lowest BCUT2D eigenvalue weighted by atomic mass is 9.48. The van der Waals surface area contributed by atoms with Gasteiger partial charge in [0.05, 0.1) is 18.8 Å². The maximum absolute atomic E-state index is 13.8. The molecule has 0 unspecified atom stereocenters. The summed E-state index contributed by atoms with van der Waals surface area (Å²) in [6.45, 7) is 3.34. The number of hydrogen-bond donors (Lipinski definition) is 1. The minimum absolute atomic E-state index is 0.0207. The fourth-order valence-electron chi connectivity index (χ4n) is 7.90. The van der Waals surface area contributed by atoms with Gasteiger partial charge < -0.3 is 19.3 Å². The molecule has 0 atom stereocenters. The highest BCUT2D eigenvalue weighted by Gasteiger charge is 2.52. The van der Waals surface area contributed by atoms with E-state index in [1.807, 2.05) is 0 Å². The quantitative estimate of drug-likeness (QED) is 0.105. The number of unbranched alkanes of at least 4 members (excludes halogenated alkanes) is 2. The standard InChI is InChI=1S/C35H44O6/c1-3-4-5-6-29-18-33(41-23-40-14-13-39-2)31(35-20-25-15-26(21-35)17-27(16-25)22-35)19-30(29)32(36)12-9-24-7-10-28(11-8-24)34(37)38/h7-12,18-19,25-27H,3-6,13-17,20-23H2,1-2H3,(H,37,38)/b12-9+. The number of carbonyl (C=O) groups excluding carboxylic acids is 1. The first-order chi connectivity index (χ1) is 19.9. The Morgan fingerprint density at radius 1 is 0.976 bits per heavy atom. The lowest BCUT2D eigenvalue weighted by Gasteiger charge is -2.57. The fourth-order valence-corrected chi connectivity index (χ4v) is 7.90. The van der Waals surface area contributed by atoms with Crippen LogP contribution < -0.4 is 4.74 Å². The van der Waals surface area contributed by atoms with Crippen molar-refractivity contribution in [2.24, 2.45) is 17.8 Å². The van der Waals surface area contributed by atoms with Gasteiger partial charge in [-0.15, -0.1) is 0 Å². The monoisotopic (exact) mass is 560 g/mol. The lowest BCUT2D eigenvalue weighted by molar-refractivity contribution is -0.0190. The van der Waals surface area contributed by atoms with E-state index < -0.39 is 5.97 Å². The van der Waals surface area contributed by atoms with Crippen molar-refractivity contribution in [1.82, 2.24) is 0 Å². The molecule has 4 saturated carbocycles. The molecule has 0 spiro atoms. The van der Waals surface area contributed by atoms with Crippen molar-refractivity contribution in [3.63, 3.8) is 0 Å². The smallest absolute Gasteiger partial charge is 0.335 e. The van der Waals surface area contributed by atoms with Gasteiger partial charge in [-0.25, -0.2) is 4.79 Å². The molecule has 4 bridgehead atoms. The van der Waals surface area contributed by atoms with Crippen molar-refractivity contribution in [2.75, 3.05) is 27.1 Å². The number of allylic oxidation sites excluding steroid dienone is 1. The summed E-state index contributed by atoms with van der Waals surface area (Å²) in [6.07, 6.45) is 15.0. The van der Waals surface area contributed by atoms with E-state index in [0.717, 1.165) is 65.9 Å². The fraction of sp³-hybridized carbons (Fsp3) is 0.543. The van der Waals surface area contributed by atoms with Crippen molar-refractivity contribution in [1.29, 1.82) is 0 Å². The number of benzene rings is 2. The molecule has 6 nitrogen and oxygen atoms in total. The number of aromatic carboxylic acids is 1. The Labute approximate surface area is 244 Å². The minimum Gasteiger partial charge on any atom is -0.478 e. The Kier molecular flexibility index (Phi) is 9.61. The summed E-state index contributed by atoms with van der Waals surface area (Å²) in [7, 11) is 1.66. The summed E-state index contributed by atoms with van der Waals surface area (Å²) in [5, 5.41) is 9.19. The van der Waals surface area contributed by atoms with Crippen LogP contribution >= 0.6 is 0 Å². The second-order valence-electron chi connectivity index (χ2n) is 12.4. The molecule has 0 aliphatic heterocycles. The molecule has 0 amide bonds. The maximum Gasteiger partial charge on any atom is 0.335 e. The van der Waals surface area contributed by atoms with E-state index in [-0.39, 0.29) is 23.6 Å². The summed E-state index contributed by atoms with van der Waals surface area (Å²) in [5.41, 5.74) is 4.06. The first-order valence-corrected chi connectivity index (χ1v) is 15.3. The molecule has 1 N–H and O–H groups in total. The van der Waals surface area contributed by atoms with Gasteiger partial charge in [0.25, 0.3) is 0 Å². The van der Waals surface area contributed by atoms with Gasteiger partial charge in [-0.05, 0) is 116 Å². The number of carboxylic acid groups (broad SMARTS) is 1.